The van der Waals surface area contributed by atoms with Crippen LogP contribution in [0.5, 0.6) is 0 Å². The van der Waals surface area contributed by atoms with E-state index in [0.717, 1.165) is 6.26 Å². The first-order valence-electron chi connectivity index (χ1n) is 1.09. The van der Waals surface area contributed by atoms with Gasteiger partial charge < -0.3 is 0 Å². The van der Waals surface area contributed by atoms with E-state index >= 15 is 0 Å². The molecule has 0 aromatic heterocycles. The fraction of sp³-hybridized carbons (Fsp3) is 1.00. The smallest absolute Gasteiger partial charge is 0.201 e. The molecule has 0 aliphatic heterocycles. The van der Waals surface area contributed by atoms with E-state index in [1.165, 1.54) is 0 Å². The van der Waals surface area contributed by atoms with Crippen molar-refractivity contribution in [3.63, 3.8) is 0 Å². The van der Waals surface area contributed by atoms with E-state index in [1.807, 2.05) is 0 Å². The first-order chi connectivity index (χ1) is 2.56. The van der Waals surface area contributed by atoms with Gasteiger partial charge in [0.25, 0.3) is 10.1 Å². The van der Waals surface area contributed by atoms with E-state index in [9.17, 15) is 8.42 Å². The summed E-state index contributed by atoms with van der Waals surface area (Å²) in [6.45, 7) is 0. The van der Waals surface area contributed by atoms with Crippen molar-refractivity contribution in [2.45, 2.75) is 0 Å². The molecule has 0 bridgehead atoms. The molecule has 0 unspecified atom stereocenters. The molecular weight excluding hydrogens is 147 g/mol. The third-order valence-electron chi connectivity index (χ3n) is 0.135. The molecule has 3 nitrogen and oxygen atoms in total. The Morgan fingerprint density at radius 3 is 1.71 bits per heavy atom. The van der Waals surface area contributed by atoms with Gasteiger partial charge in [-0.25, -0.2) is 3.63 Å². The molecule has 6 heteroatoms. The van der Waals surface area contributed by atoms with E-state index in [1.54, 1.807) is 0 Å². The van der Waals surface area contributed by atoms with Crippen LogP contribution in [0.1, 0.15) is 0 Å². The largest absolute Gasteiger partial charge is 1.00 e. The molecule has 0 radical (unpaired) electrons. The maximum atomic E-state index is 9.70. The van der Waals surface area contributed by atoms with Gasteiger partial charge in [-0.1, -0.05) is 0 Å². The van der Waals surface area contributed by atoms with Crippen LogP contribution in [0.15, 0.2) is 0 Å². The van der Waals surface area contributed by atoms with Crippen LogP contribution >= 0.6 is 12.9 Å². The third-order valence-corrected chi connectivity index (χ3v) is 1.22. The molecule has 0 aromatic rings. The zero-order valence-electron chi connectivity index (χ0n) is 4.08. The van der Waals surface area contributed by atoms with Crippen LogP contribution in [0, 0.1) is 0 Å². The second-order valence-electron chi connectivity index (χ2n) is 0.779. The number of hydrogen-bond acceptors (Lipinski definition) is 4. The molecule has 0 aromatic carbocycles. The maximum absolute atomic E-state index is 9.70. The molecule has 0 atom stereocenters. The quantitative estimate of drug-likeness (QED) is 0.244. The first-order valence-corrected chi connectivity index (χ1v) is 3.27. The minimum Gasteiger partial charge on any atom is -0.201 e. The Hall–Kier alpha value is 1.26. The standard InChI is InChI=1S/CH4O3S2.Na/c1-6(2,3)4-5;/h5H,1H3;/q;+1. The van der Waals surface area contributed by atoms with Crippen molar-refractivity contribution >= 4 is 23.0 Å². The molecule has 0 spiro atoms. The van der Waals surface area contributed by atoms with E-state index in [0.29, 0.717) is 0 Å². The maximum Gasteiger partial charge on any atom is 1.00 e. The zero-order chi connectivity index (χ0) is 5.21. The molecule has 0 aliphatic rings. The van der Waals surface area contributed by atoms with Gasteiger partial charge in [0.05, 0.1) is 6.26 Å². The van der Waals surface area contributed by atoms with Crippen molar-refractivity contribution in [2.75, 3.05) is 6.26 Å². The summed E-state index contributed by atoms with van der Waals surface area (Å²) in [7, 11) is -3.30. The Kier molecular flexibility index (Phi) is 6.62. The van der Waals surface area contributed by atoms with Gasteiger partial charge in [0.15, 0.2) is 0 Å². The Bertz CT molecular complexity index is 115. The van der Waals surface area contributed by atoms with Crippen LogP contribution in [0.2, 0.25) is 0 Å². The summed E-state index contributed by atoms with van der Waals surface area (Å²) < 4.78 is 23.0. The molecule has 0 aliphatic carbocycles. The van der Waals surface area contributed by atoms with Gasteiger partial charge in [-0.3, -0.25) is 0 Å². The Morgan fingerprint density at radius 2 is 1.71 bits per heavy atom. The van der Waals surface area contributed by atoms with E-state index < -0.39 is 10.1 Å². The van der Waals surface area contributed by atoms with Gasteiger partial charge >= 0.3 is 29.6 Å². The third kappa shape index (κ3) is 11.1. The predicted molar refractivity (Wildman–Crippen MR) is 24.9 cm³/mol. The Balaban J connectivity index is 0. The predicted octanol–water partition coefficient (Wildman–Crippen LogP) is -3.19. The SMILES string of the molecule is CS(=O)(=O)OS.[Na+]. The van der Waals surface area contributed by atoms with Gasteiger partial charge in [0.1, 0.15) is 0 Å². The molecule has 0 saturated carbocycles. The van der Waals surface area contributed by atoms with Crippen LogP contribution in [0.3, 0.4) is 0 Å². The van der Waals surface area contributed by atoms with E-state index in [2.05, 4.69) is 16.5 Å². The van der Waals surface area contributed by atoms with Crippen LogP contribution < -0.4 is 29.6 Å². The molecule has 0 saturated heterocycles. The first kappa shape index (κ1) is 11.1. The Labute approximate surface area is 70.5 Å². The number of rotatable bonds is 1. The minimum absolute atomic E-state index is 0. The van der Waals surface area contributed by atoms with Gasteiger partial charge in [0.2, 0.25) is 0 Å². The second-order valence-corrected chi connectivity index (χ2v) is 2.78. The van der Waals surface area contributed by atoms with Gasteiger partial charge in [-0.2, -0.15) is 8.42 Å². The summed E-state index contributed by atoms with van der Waals surface area (Å²) in [5.74, 6) is 0. The van der Waals surface area contributed by atoms with Crippen molar-refractivity contribution in [1.82, 2.24) is 0 Å². The molecule has 0 heterocycles. The topological polar surface area (TPSA) is 43.4 Å². The summed E-state index contributed by atoms with van der Waals surface area (Å²) in [4.78, 5) is 0. The molecule has 0 amide bonds. The van der Waals surface area contributed by atoms with Gasteiger partial charge in [0, 0.05) is 0 Å². The van der Waals surface area contributed by atoms with Crippen LogP contribution in [0.4, 0.5) is 0 Å². The number of thiol groups is 1. The van der Waals surface area contributed by atoms with Crippen molar-refractivity contribution in [1.29, 1.82) is 0 Å². The van der Waals surface area contributed by atoms with Crippen molar-refractivity contribution in [3.05, 3.63) is 0 Å². The van der Waals surface area contributed by atoms with Crippen LogP contribution in [0.25, 0.3) is 0 Å². The molecule has 0 N–H and O–H groups in total. The summed E-state index contributed by atoms with van der Waals surface area (Å²) in [5, 5.41) is 0. The Morgan fingerprint density at radius 1 is 1.57 bits per heavy atom. The fourth-order valence-corrected chi connectivity index (χ4v) is 0. The van der Waals surface area contributed by atoms with Gasteiger partial charge in [-0.05, 0) is 12.9 Å². The fourth-order valence-electron chi connectivity index (χ4n) is 0. The second kappa shape index (κ2) is 4.17. The van der Waals surface area contributed by atoms with E-state index in [-0.39, 0.29) is 29.6 Å². The van der Waals surface area contributed by atoms with Crippen molar-refractivity contribution in [3.8, 4) is 0 Å². The summed E-state index contributed by atoms with van der Waals surface area (Å²) in [6.07, 6.45) is 0.917. The zero-order valence-corrected chi connectivity index (χ0v) is 7.79. The number of hydrogen-bond donors (Lipinski definition) is 1. The average Bonchev–Trinajstić information content (AvgIpc) is 1.35. The molecule has 0 fully saturated rings. The molecular formula is CH4NaO3S2+. The van der Waals surface area contributed by atoms with Crippen molar-refractivity contribution in [2.24, 2.45) is 0 Å². The average molecular weight is 151 g/mol. The normalized spacial score (nSPS) is 10.0. The van der Waals surface area contributed by atoms with Gasteiger partial charge in [-0.15, -0.1) is 0 Å². The van der Waals surface area contributed by atoms with Crippen LogP contribution in [-0.4, -0.2) is 14.7 Å². The minimum atomic E-state index is -3.30. The molecule has 0 rings (SSSR count). The summed E-state index contributed by atoms with van der Waals surface area (Å²) in [6, 6.07) is 0. The van der Waals surface area contributed by atoms with Crippen molar-refractivity contribution < 1.29 is 41.6 Å². The molecule has 7 heavy (non-hydrogen) atoms. The van der Waals surface area contributed by atoms with Crippen LogP contribution in [-0.2, 0) is 13.7 Å². The monoisotopic (exact) mass is 151 g/mol. The van der Waals surface area contributed by atoms with E-state index in [4.69, 9.17) is 0 Å². The summed E-state index contributed by atoms with van der Waals surface area (Å²) >= 11 is 3.01. The summed E-state index contributed by atoms with van der Waals surface area (Å²) in [5.41, 5.74) is 0. The molecule has 38 valence electrons.